The van der Waals surface area contributed by atoms with Crippen LogP contribution in [0.15, 0.2) is 53.4 Å². The molecule has 0 bridgehead atoms. The lowest BCUT2D eigenvalue weighted by Crippen LogP contribution is -2.32. The fourth-order valence-corrected chi connectivity index (χ4v) is 4.33. The van der Waals surface area contributed by atoms with E-state index in [9.17, 15) is 13.2 Å². The Kier molecular flexibility index (Phi) is 5.58. The van der Waals surface area contributed by atoms with Crippen LogP contribution in [-0.4, -0.2) is 27.5 Å². The van der Waals surface area contributed by atoms with Crippen molar-refractivity contribution in [3.05, 3.63) is 54.1 Å². The summed E-state index contributed by atoms with van der Waals surface area (Å²) in [6.45, 7) is 0. The van der Waals surface area contributed by atoms with Crippen LogP contribution in [0.25, 0.3) is 0 Å². The van der Waals surface area contributed by atoms with Crippen molar-refractivity contribution in [3.63, 3.8) is 0 Å². The third-order valence-corrected chi connectivity index (χ3v) is 5.97. The molecule has 1 aliphatic rings. The van der Waals surface area contributed by atoms with Crippen LogP contribution in [0.5, 0.6) is 5.75 Å². The van der Waals surface area contributed by atoms with Crippen LogP contribution in [0, 0.1) is 0 Å². The van der Waals surface area contributed by atoms with E-state index < -0.39 is 10.0 Å². The quantitative estimate of drug-likeness (QED) is 0.813. The van der Waals surface area contributed by atoms with Gasteiger partial charge in [-0.1, -0.05) is 18.9 Å². The van der Waals surface area contributed by atoms with Gasteiger partial charge < -0.3 is 10.1 Å². The fraction of sp³-hybridized carbons (Fsp3) is 0.316. The minimum atomic E-state index is -3.55. The number of methoxy groups -OCH3 is 1. The SMILES string of the molecule is COc1cccc(NC(=O)c2ccc(S(=O)(=O)NC3CCCC3)cc2)c1. The maximum absolute atomic E-state index is 12.4. The molecule has 2 N–H and O–H groups in total. The Hall–Kier alpha value is -2.38. The second-order valence-corrected chi connectivity index (χ2v) is 8.03. The summed E-state index contributed by atoms with van der Waals surface area (Å²) in [5, 5.41) is 2.77. The van der Waals surface area contributed by atoms with E-state index in [2.05, 4.69) is 10.0 Å². The standard InChI is InChI=1S/C19H22N2O4S/c1-25-17-8-4-7-16(13-17)20-19(22)14-9-11-18(12-10-14)26(23,24)21-15-5-2-3-6-15/h4,7-13,15,21H,2-3,5-6H2,1H3,(H,20,22). The van der Waals surface area contributed by atoms with Gasteiger partial charge in [-0.15, -0.1) is 0 Å². The highest BCUT2D eigenvalue weighted by atomic mass is 32.2. The molecule has 0 aliphatic heterocycles. The molecular formula is C19H22N2O4S. The number of sulfonamides is 1. The van der Waals surface area contributed by atoms with Crippen LogP contribution in [0.2, 0.25) is 0 Å². The van der Waals surface area contributed by atoms with Gasteiger partial charge in [0.2, 0.25) is 10.0 Å². The first-order valence-corrected chi connectivity index (χ1v) is 10.0. The summed E-state index contributed by atoms with van der Waals surface area (Å²) in [5.41, 5.74) is 0.988. The molecule has 138 valence electrons. The van der Waals surface area contributed by atoms with Gasteiger partial charge in [-0.25, -0.2) is 13.1 Å². The lowest BCUT2D eigenvalue weighted by molar-refractivity contribution is 0.102. The van der Waals surface area contributed by atoms with E-state index >= 15 is 0 Å². The summed E-state index contributed by atoms with van der Waals surface area (Å²) < 4.78 is 32.7. The summed E-state index contributed by atoms with van der Waals surface area (Å²) in [4.78, 5) is 12.5. The maximum Gasteiger partial charge on any atom is 0.255 e. The third kappa shape index (κ3) is 4.42. The predicted octanol–water partition coefficient (Wildman–Crippen LogP) is 3.17. The second kappa shape index (κ2) is 7.88. The van der Waals surface area contributed by atoms with Crippen molar-refractivity contribution < 1.29 is 17.9 Å². The highest BCUT2D eigenvalue weighted by molar-refractivity contribution is 7.89. The minimum absolute atomic E-state index is 0.0102. The van der Waals surface area contributed by atoms with Crippen molar-refractivity contribution in [2.24, 2.45) is 0 Å². The summed E-state index contributed by atoms with van der Waals surface area (Å²) in [6, 6.07) is 13.0. The van der Waals surface area contributed by atoms with E-state index in [0.29, 0.717) is 17.0 Å². The molecule has 2 aromatic carbocycles. The molecule has 7 heteroatoms. The molecule has 1 fully saturated rings. The third-order valence-electron chi connectivity index (χ3n) is 4.43. The van der Waals surface area contributed by atoms with Gasteiger partial charge in [0, 0.05) is 23.4 Å². The molecule has 0 saturated heterocycles. The molecule has 0 aromatic heterocycles. The van der Waals surface area contributed by atoms with Crippen molar-refractivity contribution in [2.75, 3.05) is 12.4 Å². The molecule has 0 spiro atoms. The normalized spacial score (nSPS) is 15.0. The van der Waals surface area contributed by atoms with Gasteiger partial charge in [0.15, 0.2) is 0 Å². The van der Waals surface area contributed by atoms with Crippen molar-refractivity contribution in [1.29, 1.82) is 0 Å². The highest BCUT2D eigenvalue weighted by Crippen LogP contribution is 2.21. The summed E-state index contributed by atoms with van der Waals surface area (Å²) >= 11 is 0. The van der Waals surface area contributed by atoms with Gasteiger partial charge in [0.05, 0.1) is 12.0 Å². The van der Waals surface area contributed by atoms with Crippen molar-refractivity contribution in [2.45, 2.75) is 36.6 Å². The van der Waals surface area contributed by atoms with E-state index in [1.54, 1.807) is 31.4 Å². The van der Waals surface area contributed by atoms with Crippen LogP contribution in [0.4, 0.5) is 5.69 Å². The number of amides is 1. The smallest absolute Gasteiger partial charge is 0.255 e. The molecule has 0 radical (unpaired) electrons. The van der Waals surface area contributed by atoms with Gasteiger partial charge >= 0.3 is 0 Å². The first kappa shape index (κ1) is 18.4. The molecule has 0 heterocycles. The Balaban J connectivity index is 1.69. The van der Waals surface area contributed by atoms with Crippen LogP contribution in [0.1, 0.15) is 36.0 Å². The number of carbonyl (C=O) groups is 1. The number of rotatable bonds is 6. The first-order chi connectivity index (χ1) is 12.5. The molecule has 1 saturated carbocycles. The van der Waals surface area contributed by atoms with E-state index in [1.165, 1.54) is 24.3 Å². The Morgan fingerprint density at radius 1 is 1.08 bits per heavy atom. The van der Waals surface area contributed by atoms with Crippen molar-refractivity contribution in [1.82, 2.24) is 4.72 Å². The molecular weight excluding hydrogens is 352 g/mol. The zero-order valence-corrected chi connectivity index (χ0v) is 15.4. The van der Waals surface area contributed by atoms with Gasteiger partial charge in [0.1, 0.15) is 5.75 Å². The minimum Gasteiger partial charge on any atom is -0.497 e. The number of hydrogen-bond acceptors (Lipinski definition) is 4. The van der Waals surface area contributed by atoms with Crippen molar-refractivity contribution >= 4 is 21.6 Å². The van der Waals surface area contributed by atoms with Gasteiger partial charge in [-0.05, 0) is 49.2 Å². The predicted molar refractivity (Wildman–Crippen MR) is 100.0 cm³/mol. The monoisotopic (exact) mass is 374 g/mol. The van der Waals surface area contributed by atoms with E-state index in [-0.39, 0.29) is 16.8 Å². The van der Waals surface area contributed by atoms with Gasteiger partial charge in [0.25, 0.3) is 5.91 Å². The van der Waals surface area contributed by atoms with Crippen LogP contribution in [0.3, 0.4) is 0 Å². The van der Waals surface area contributed by atoms with Crippen LogP contribution in [-0.2, 0) is 10.0 Å². The molecule has 2 aromatic rings. The molecule has 0 atom stereocenters. The van der Waals surface area contributed by atoms with Crippen LogP contribution < -0.4 is 14.8 Å². The molecule has 3 rings (SSSR count). The maximum atomic E-state index is 12.4. The fourth-order valence-electron chi connectivity index (χ4n) is 3.02. The largest absolute Gasteiger partial charge is 0.497 e. The molecule has 1 amide bonds. The number of carbonyl (C=O) groups excluding carboxylic acids is 1. The van der Waals surface area contributed by atoms with Crippen molar-refractivity contribution in [3.8, 4) is 5.75 Å². The van der Waals surface area contributed by atoms with E-state index in [1.807, 2.05) is 0 Å². The summed E-state index contributed by atoms with van der Waals surface area (Å²) in [5.74, 6) is 0.327. The lowest BCUT2D eigenvalue weighted by Gasteiger charge is -2.13. The Labute approximate surface area is 153 Å². The number of anilines is 1. The number of hydrogen-bond donors (Lipinski definition) is 2. The molecule has 0 unspecified atom stereocenters. The highest BCUT2D eigenvalue weighted by Gasteiger charge is 2.23. The second-order valence-electron chi connectivity index (χ2n) is 6.31. The summed E-state index contributed by atoms with van der Waals surface area (Å²) in [7, 11) is -2.00. The topological polar surface area (TPSA) is 84.5 Å². The average molecular weight is 374 g/mol. The van der Waals surface area contributed by atoms with Gasteiger partial charge in [-0.3, -0.25) is 4.79 Å². The average Bonchev–Trinajstić information content (AvgIpc) is 3.14. The molecule has 1 aliphatic carbocycles. The summed E-state index contributed by atoms with van der Waals surface area (Å²) in [6.07, 6.45) is 3.85. The zero-order chi connectivity index (χ0) is 18.6. The number of nitrogens with one attached hydrogen (secondary N) is 2. The molecule has 26 heavy (non-hydrogen) atoms. The first-order valence-electron chi connectivity index (χ1n) is 8.56. The lowest BCUT2D eigenvalue weighted by atomic mass is 10.2. The number of ether oxygens (including phenoxy) is 1. The number of benzene rings is 2. The Bertz CT molecular complexity index is 873. The van der Waals surface area contributed by atoms with E-state index in [4.69, 9.17) is 4.74 Å². The Morgan fingerprint density at radius 3 is 2.42 bits per heavy atom. The molecule has 6 nitrogen and oxygen atoms in total. The Morgan fingerprint density at radius 2 is 1.77 bits per heavy atom. The zero-order valence-electron chi connectivity index (χ0n) is 14.6. The van der Waals surface area contributed by atoms with E-state index in [0.717, 1.165) is 25.7 Å². The van der Waals surface area contributed by atoms with Crippen LogP contribution >= 0.6 is 0 Å². The van der Waals surface area contributed by atoms with Gasteiger partial charge in [-0.2, -0.15) is 0 Å².